The van der Waals surface area contributed by atoms with Gasteiger partial charge in [-0.05, 0) is 27.7 Å². The quantitative estimate of drug-likeness (QED) is 0.761. The van der Waals surface area contributed by atoms with Crippen molar-refractivity contribution in [2.45, 2.75) is 58.3 Å². The highest BCUT2D eigenvalue weighted by atomic mass is 16.7. The number of hydrogen-bond donors (Lipinski definition) is 0. The molecular weight excluding hydrogens is 309 g/mol. The Balaban J connectivity index is 1.62. The Hall–Kier alpha value is -1.67. The van der Waals surface area contributed by atoms with E-state index in [-0.39, 0.29) is 12.0 Å². The summed E-state index contributed by atoms with van der Waals surface area (Å²) in [6, 6.07) is 0.311. The first-order valence-electron chi connectivity index (χ1n) is 8.28. The molecule has 24 heavy (non-hydrogen) atoms. The molecule has 7 nitrogen and oxygen atoms in total. The zero-order valence-corrected chi connectivity index (χ0v) is 14.9. The molecule has 0 aliphatic carbocycles. The van der Waals surface area contributed by atoms with Crippen LogP contribution in [0.2, 0.25) is 0 Å². The van der Waals surface area contributed by atoms with Crippen LogP contribution in [0.3, 0.4) is 0 Å². The van der Waals surface area contributed by atoms with Gasteiger partial charge in [0.2, 0.25) is 5.91 Å². The lowest BCUT2D eigenvalue weighted by molar-refractivity contribution is -0.128. The van der Waals surface area contributed by atoms with Crippen LogP contribution in [-0.4, -0.2) is 58.3 Å². The van der Waals surface area contributed by atoms with Crippen LogP contribution in [0.15, 0.2) is 12.4 Å². The smallest absolute Gasteiger partial charge is 0.458 e. The van der Waals surface area contributed by atoms with E-state index in [0.29, 0.717) is 19.1 Å². The monoisotopic (exact) mass is 333 g/mol. The van der Waals surface area contributed by atoms with Gasteiger partial charge in [-0.3, -0.25) is 4.79 Å². The van der Waals surface area contributed by atoms with Crippen molar-refractivity contribution in [2.75, 3.05) is 13.1 Å². The predicted octanol–water partition coefficient (Wildman–Crippen LogP) is 0.775. The molecule has 0 N–H and O–H groups in total. The molecule has 2 fully saturated rings. The van der Waals surface area contributed by atoms with E-state index in [1.54, 1.807) is 24.2 Å². The molecule has 0 aromatic carbocycles. The first-order valence-corrected chi connectivity index (χ1v) is 8.28. The first kappa shape index (κ1) is 17.2. The average Bonchev–Trinajstić information content (AvgIpc) is 3.03. The van der Waals surface area contributed by atoms with Gasteiger partial charge < -0.3 is 18.9 Å². The van der Waals surface area contributed by atoms with Crippen molar-refractivity contribution < 1.29 is 18.8 Å². The molecule has 1 aromatic rings. The summed E-state index contributed by atoms with van der Waals surface area (Å²) in [4.78, 5) is 21.6. The SMILES string of the molecule is CC(=O)N1CC[C@H](Oc2ncc(B3OC(C)(C)C(C)(C)O3)cn2)C1. The lowest BCUT2D eigenvalue weighted by Crippen LogP contribution is -2.41. The Labute approximate surface area is 142 Å². The van der Waals surface area contributed by atoms with E-state index in [1.807, 2.05) is 27.7 Å². The summed E-state index contributed by atoms with van der Waals surface area (Å²) >= 11 is 0. The number of carbonyl (C=O) groups is 1. The summed E-state index contributed by atoms with van der Waals surface area (Å²) in [6.45, 7) is 10.9. The van der Waals surface area contributed by atoms with E-state index in [0.717, 1.165) is 11.9 Å². The van der Waals surface area contributed by atoms with E-state index in [1.165, 1.54) is 0 Å². The van der Waals surface area contributed by atoms with Crippen molar-refractivity contribution in [1.29, 1.82) is 0 Å². The largest absolute Gasteiger partial charge is 0.498 e. The van der Waals surface area contributed by atoms with Gasteiger partial charge >= 0.3 is 13.1 Å². The number of hydrogen-bond acceptors (Lipinski definition) is 6. The number of carbonyl (C=O) groups excluding carboxylic acids is 1. The van der Waals surface area contributed by atoms with Crippen LogP contribution in [0, 0.1) is 0 Å². The maximum absolute atomic E-state index is 11.4. The van der Waals surface area contributed by atoms with Gasteiger partial charge in [0.05, 0.1) is 17.7 Å². The normalized spacial score (nSPS) is 25.1. The van der Waals surface area contributed by atoms with Crippen LogP contribution >= 0.6 is 0 Å². The second-order valence-corrected chi connectivity index (χ2v) is 7.38. The minimum atomic E-state index is -0.483. The Morgan fingerprint density at radius 3 is 2.33 bits per heavy atom. The molecule has 3 rings (SSSR count). The van der Waals surface area contributed by atoms with Crippen molar-refractivity contribution >= 4 is 18.5 Å². The average molecular weight is 333 g/mol. The van der Waals surface area contributed by atoms with Crippen LogP contribution in [-0.2, 0) is 14.1 Å². The Kier molecular flexibility index (Phi) is 4.29. The molecule has 2 aliphatic rings. The minimum absolute atomic E-state index is 0.0587. The highest BCUT2D eigenvalue weighted by Crippen LogP contribution is 2.36. The third-order valence-electron chi connectivity index (χ3n) is 5.04. The van der Waals surface area contributed by atoms with Crippen LogP contribution in [0.5, 0.6) is 6.01 Å². The van der Waals surface area contributed by atoms with Crippen molar-refractivity contribution in [2.24, 2.45) is 0 Å². The number of nitrogens with zero attached hydrogens (tertiary/aromatic N) is 3. The summed E-state index contributed by atoms with van der Waals surface area (Å²) in [5, 5.41) is 0. The summed E-state index contributed by atoms with van der Waals surface area (Å²) in [5.74, 6) is 0.0677. The Morgan fingerprint density at radius 1 is 1.25 bits per heavy atom. The van der Waals surface area contributed by atoms with Crippen LogP contribution in [0.25, 0.3) is 0 Å². The maximum Gasteiger partial charge on any atom is 0.498 e. The lowest BCUT2D eigenvalue weighted by atomic mass is 9.81. The maximum atomic E-state index is 11.4. The van der Waals surface area contributed by atoms with Gasteiger partial charge in [-0.1, -0.05) is 0 Å². The fourth-order valence-electron chi connectivity index (χ4n) is 2.75. The van der Waals surface area contributed by atoms with Gasteiger partial charge in [0.15, 0.2) is 0 Å². The molecule has 0 radical (unpaired) electrons. The predicted molar refractivity (Wildman–Crippen MR) is 89.0 cm³/mol. The summed E-state index contributed by atoms with van der Waals surface area (Å²) < 4.78 is 17.7. The summed E-state index contributed by atoms with van der Waals surface area (Å²) in [6.07, 6.45) is 4.07. The number of rotatable bonds is 3. The minimum Gasteiger partial charge on any atom is -0.458 e. The second-order valence-electron chi connectivity index (χ2n) is 7.38. The van der Waals surface area contributed by atoms with Gasteiger partial charge in [0, 0.05) is 37.7 Å². The fourth-order valence-corrected chi connectivity index (χ4v) is 2.75. The van der Waals surface area contributed by atoms with Crippen molar-refractivity contribution in [3.8, 4) is 6.01 Å². The third-order valence-corrected chi connectivity index (χ3v) is 5.04. The molecule has 130 valence electrons. The van der Waals surface area contributed by atoms with Gasteiger partial charge in [-0.2, -0.15) is 0 Å². The third kappa shape index (κ3) is 3.25. The van der Waals surface area contributed by atoms with Crippen molar-refractivity contribution in [3.05, 3.63) is 12.4 Å². The molecule has 2 saturated heterocycles. The van der Waals surface area contributed by atoms with Gasteiger partial charge in [-0.25, -0.2) is 9.97 Å². The van der Waals surface area contributed by atoms with E-state index in [4.69, 9.17) is 14.0 Å². The molecule has 8 heteroatoms. The lowest BCUT2D eigenvalue weighted by Gasteiger charge is -2.32. The van der Waals surface area contributed by atoms with Gasteiger partial charge in [-0.15, -0.1) is 0 Å². The number of ether oxygens (including phenoxy) is 1. The molecule has 0 spiro atoms. The summed E-state index contributed by atoms with van der Waals surface area (Å²) in [7, 11) is -0.483. The Morgan fingerprint density at radius 2 is 1.83 bits per heavy atom. The molecule has 1 aromatic heterocycles. The zero-order chi connectivity index (χ0) is 17.5. The molecular formula is C16H24BN3O4. The Bertz CT molecular complexity index is 604. The molecule has 0 unspecified atom stereocenters. The van der Waals surface area contributed by atoms with Crippen LogP contribution in [0.1, 0.15) is 41.0 Å². The molecule has 3 heterocycles. The highest BCUT2D eigenvalue weighted by Gasteiger charge is 2.52. The standard InChI is InChI=1S/C16H24BN3O4/c1-11(21)20-7-6-13(10-20)22-14-18-8-12(9-19-14)17-23-15(2,3)16(4,5)24-17/h8-9,13H,6-7,10H2,1-5H3/t13-/m0/s1. The fraction of sp³-hybridized carbons (Fsp3) is 0.688. The van der Waals surface area contributed by atoms with E-state index in [9.17, 15) is 4.79 Å². The zero-order valence-electron chi connectivity index (χ0n) is 14.9. The van der Waals surface area contributed by atoms with Crippen molar-refractivity contribution in [1.82, 2.24) is 14.9 Å². The second kappa shape index (κ2) is 6.00. The van der Waals surface area contributed by atoms with E-state index < -0.39 is 18.3 Å². The molecule has 0 bridgehead atoms. The molecule has 1 atom stereocenters. The van der Waals surface area contributed by atoms with Crippen molar-refractivity contribution in [3.63, 3.8) is 0 Å². The van der Waals surface area contributed by atoms with Crippen LogP contribution < -0.4 is 10.2 Å². The van der Waals surface area contributed by atoms with Gasteiger partial charge in [0.1, 0.15) is 6.10 Å². The highest BCUT2D eigenvalue weighted by molar-refractivity contribution is 6.61. The van der Waals surface area contributed by atoms with E-state index >= 15 is 0 Å². The molecule has 0 saturated carbocycles. The van der Waals surface area contributed by atoms with Gasteiger partial charge in [0.25, 0.3) is 0 Å². The van der Waals surface area contributed by atoms with E-state index in [2.05, 4.69) is 9.97 Å². The first-order chi connectivity index (χ1) is 11.2. The summed E-state index contributed by atoms with van der Waals surface area (Å²) in [5.41, 5.74) is -0.0302. The van der Waals surface area contributed by atoms with Crippen LogP contribution in [0.4, 0.5) is 0 Å². The molecule has 1 amide bonds. The number of likely N-dealkylation sites (tertiary alicyclic amines) is 1. The number of amides is 1. The topological polar surface area (TPSA) is 73.8 Å². The molecule has 2 aliphatic heterocycles. The number of aromatic nitrogens is 2.